The van der Waals surface area contributed by atoms with Crippen LogP contribution in [0, 0.1) is 5.92 Å². The molecule has 1 aliphatic heterocycles. The van der Waals surface area contributed by atoms with Crippen LogP contribution in [0.3, 0.4) is 0 Å². The Balaban J connectivity index is 2.53. The largest absolute Gasteiger partial charge is 0.444 e. The molecule has 3 N–H and O–H groups in total. The lowest BCUT2D eigenvalue weighted by molar-refractivity contribution is 0.0448. The highest BCUT2D eigenvalue weighted by molar-refractivity contribution is 5.79. The van der Waals surface area contributed by atoms with Gasteiger partial charge in [-0.3, -0.25) is 4.99 Å². The van der Waals surface area contributed by atoms with Crippen LogP contribution in [0.1, 0.15) is 60.3 Å². The zero-order valence-corrected chi connectivity index (χ0v) is 18.4. The summed E-state index contributed by atoms with van der Waals surface area (Å²) in [6.45, 7) is 13.6. The molecule has 0 unspecified atom stereocenters. The molecule has 1 fully saturated rings. The molecule has 7 nitrogen and oxygen atoms in total. The van der Waals surface area contributed by atoms with Crippen molar-refractivity contribution in [3.8, 4) is 0 Å². The Hall–Kier alpha value is -1.50. The van der Waals surface area contributed by atoms with E-state index in [0.29, 0.717) is 12.5 Å². The molecular formula is C20H41N5O2. The summed E-state index contributed by atoms with van der Waals surface area (Å²) in [5.74, 6) is 1.47. The Morgan fingerprint density at radius 3 is 2.22 bits per heavy atom. The summed E-state index contributed by atoms with van der Waals surface area (Å²) in [5.41, 5.74) is -0.871. The van der Waals surface area contributed by atoms with E-state index in [1.165, 1.54) is 12.8 Å². The van der Waals surface area contributed by atoms with Gasteiger partial charge < -0.3 is 25.6 Å². The fourth-order valence-corrected chi connectivity index (χ4v) is 3.22. The van der Waals surface area contributed by atoms with Gasteiger partial charge in [0, 0.05) is 20.1 Å². The number of nitrogens with one attached hydrogen (secondary N) is 3. The van der Waals surface area contributed by atoms with Crippen LogP contribution in [-0.4, -0.2) is 68.4 Å². The minimum Gasteiger partial charge on any atom is -0.444 e. The standard InChI is InChI=1S/C20H41N5O2/c1-8-20(9-2,24-18(26)27-19(3,4)5)15-23-17(21-6)22-14-16-10-12-25(7)13-11-16/h16H,8-15H2,1-7H3,(H,24,26)(H2,21,22,23). The van der Waals surface area contributed by atoms with Crippen LogP contribution in [0.25, 0.3) is 0 Å². The number of ether oxygens (including phenoxy) is 1. The number of rotatable bonds is 7. The molecule has 7 heteroatoms. The zero-order chi connectivity index (χ0) is 20.5. The van der Waals surface area contributed by atoms with E-state index in [9.17, 15) is 4.79 Å². The van der Waals surface area contributed by atoms with Crippen LogP contribution in [0.15, 0.2) is 4.99 Å². The Labute approximate surface area is 165 Å². The first-order valence-electron chi connectivity index (χ1n) is 10.3. The van der Waals surface area contributed by atoms with E-state index in [2.05, 4.69) is 46.7 Å². The van der Waals surface area contributed by atoms with E-state index in [4.69, 9.17) is 4.74 Å². The van der Waals surface area contributed by atoms with Crippen molar-refractivity contribution < 1.29 is 9.53 Å². The van der Waals surface area contributed by atoms with E-state index in [1.54, 1.807) is 7.05 Å². The lowest BCUT2D eigenvalue weighted by Gasteiger charge is -2.35. The van der Waals surface area contributed by atoms with Crippen molar-refractivity contribution in [2.75, 3.05) is 40.3 Å². The maximum absolute atomic E-state index is 12.3. The molecule has 0 aromatic carbocycles. The summed E-state index contributed by atoms with van der Waals surface area (Å²) < 4.78 is 5.44. The van der Waals surface area contributed by atoms with Gasteiger partial charge in [-0.05, 0) is 72.5 Å². The zero-order valence-electron chi connectivity index (χ0n) is 18.4. The van der Waals surface area contributed by atoms with Gasteiger partial charge in [0.1, 0.15) is 5.60 Å². The van der Waals surface area contributed by atoms with Gasteiger partial charge in [0.05, 0.1) is 5.54 Å². The number of hydrogen-bond acceptors (Lipinski definition) is 4. The third-order valence-electron chi connectivity index (χ3n) is 5.33. The number of carbonyl (C=O) groups excluding carboxylic acids is 1. The molecule has 0 spiro atoms. The molecule has 1 heterocycles. The van der Waals surface area contributed by atoms with E-state index in [1.807, 2.05) is 20.8 Å². The van der Waals surface area contributed by atoms with Gasteiger partial charge >= 0.3 is 6.09 Å². The number of likely N-dealkylation sites (tertiary alicyclic amines) is 1. The Bertz CT molecular complexity index is 475. The van der Waals surface area contributed by atoms with Gasteiger partial charge in [0.15, 0.2) is 5.96 Å². The molecule has 27 heavy (non-hydrogen) atoms. The number of aliphatic imine (C=N–C) groups is 1. The second kappa shape index (κ2) is 10.7. The van der Waals surface area contributed by atoms with Crippen LogP contribution in [-0.2, 0) is 4.74 Å². The summed E-state index contributed by atoms with van der Waals surface area (Å²) in [6.07, 6.45) is 3.68. The third kappa shape index (κ3) is 8.82. The maximum atomic E-state index is 12.3. The summed E-state index contributed by atoms with van der Waals surface area (Å²) in [7, 11) is 3.96. The number of guanidine groups is 1. The molecule has 1 saturated heterocycles. The van der Waals surface area contributed by atoms with Crippen molar-refractivity contribution in [1.29, 1.82) is 0 Å². The van der Waals surface area contributed by atoms with Gasteiger partial charge in [-0.25, -0.2) is 4.79 Å². The lowest BCUT2D eigenvalue weighted by atomic mass is 9.93. The van der Waals surface area contributed by atoms with Gasteiger partial charge in [-0.1, -0.05) is 13.8 Å². The van der Waals surface area contributed by atoms with Crippen molar-refractivity contribution in [3.05, 3.63) is 0 Å². The Kier molecular flexibility index (Phi) is 9.36. The molecule has 0 saturated carbocycles. The molecule has 0 radical (unpaired) electrons. The van der Waals surface area contributed by atoms with Crippen molar-refractivity contribution in [3.63, 3.8) is 0 Å². The number of nitrogens with zero attached hydrogens (tertiary/aromatic N) is 2. The molecule has 0 aromatic heterocycles. The molecule has 0 atom stereocenters. The molecule has 158 valence electrons. The van der Waals surface area contributed by atoms with Crippen LogP contribution in [0.2, 0.25) is 0 Å². The first kappa shape index (κ1) is 23.5. The normalized spacial score (nSPS) is 17.5. The van der Waals surface area contributed by atoms with Crippen LogP contribution >= 0.6 is 0 Å². The van der Waals surface area contributed by atoms with E-state index in [-0.39, 0.29) is 11.6 Å². The van der Waals surface area contributed by atoms with Crippen LogP contribution in [0.4, 0.5) is 4.79 Å². The Morgan fingerprint density at radius 1 is 1.15 bits per heavy atom. The number of carbonyl (C=O) groups is 1. The number of amides is 1. The quantitative estimate of drug-likeness (QED) is 0.465. The van der Waals surface area contributed by atoms with Crippen molar-refractivity contribution in [2.24, 2.45) is 10.9 Å². The fourth-order valence-electron chi connectivity index (χ4n) is 3.22. The highest BCUT2D eigenvalue weighted by atomic mass is 16.6. The number of alkyl carbamates (subject to hydrolysis) is 1. The molecule has 1 aliphatic rings. The summed E-state index contributed by atoms with van der Waals surface area (Å²) in [6, 6.07) is 0. The van der Waals surface area contributed by atoms with Gasteiger partial charge in [-0.15, -0.1) is 0 Å². The van der Waals surface area contributed by atoms with Gasteiger partial charge in [0.2, 0.25) is 0 Å². The van der Waals surface area contributed by atoms with Crippen LogP contribution in [0.5, 0.6) is 0 Å². The lowest BCUT2D eigenvalue weighted by Crippen LogP contribution is -2.57. The highest BCUT2D eigenvalue weighted by Crippen LogP contribution is 2.17. The topological polar surface area (TPSA) is 78.0 Å². The van der Waals surface area contributed by atoms with E-state index >= 15 is 0 Å². The average Bonchev–Trinajstić information content (AvgIpc) is 2.60. The number of hydrogen-bond donors (Lipinski definition) is 3. The van der Waals surface area contributed by atoms with E-state index < -0.39 is 5.60 Å². The van der Waals surface area contributed by atoms with Gasteiger partial charge in [0.25, 0.3) is 0 Å². The molecule has 0 bridgehead atoms. The van der Waals surface area contributed by atoms with Crippen molar-refractivity contribution in [1.82, 2.24) is 20.9 Å². The summed E-state index contributed by atoms with van der Waals surface area (Å²) in [4.78, 5) is 19.0. The molecule has 0 aromatic rings. The monoisotopic (exact) mass is 383 g/mol. The third-order valence-corrected chi connectivity index (χ3v) is 5.33. The summed E-state index contributed by atoms with van der Waals surface area (Å²) in [5, 5.41) is 9.89. The SMILES string of the molecule is CCC(CC)(CNC(=NC)NCC1CCN(C)CC1)NC(=O)OC(C)(C)C. The highest BCUT2D eigenvalue weighted by Gasteiger charge is 2.30. The predicted molar refractivity (Wildman–Crippen MR) is 112 cm³/mol. The molecule has 1 rings (SSSR count). The second-order valence-electron chi connectivity index (χ2n) is 8.67. The Morgan fingerprint density at radius 2 is 1.74 bits per heavy atom. The minimum atomic E-state index is -0.504. The first-order valence-corrected chi connectivity index (χ1v) is 10.3. The minimum absolute atomic E-state index is 0.368. The predicted octanol–water partition coefficient (Wildman–Crippen LogP) is 2.58. The molecule has 1 amide bonds. The maximum Gasteiger partial charge on any atom is 0.408 e. The van der Waals surface area contributed by atoms with Gasteiger partial charge in [-0.2, -0.15) is 0 Å². The second-order valence-corrected chi connectivity index (χ2v) is 8.67. The van der Waals surface area contributed by atoms with Crippen molar-refractivity contribution >= 4 is 12.1 Å². The molecular weight excluding hydrogens is 342 g/mol. The van der Waals surface area contributed by atoms with Crippen molar-refractivity contribution in [2.45, 2.75) is 71.4 Å². The first-order chi connectivity index (χ1) is 12.6. The smallest absolute Gasteiger partial charge is 0.408 e. The fraction of sp³-hybridized carbons (Fsp3) is 0.900. The summed E-state index contributed by atoms with van der Waals surface area (Å²) >= 11 is 0. The van der Waals surface area contributed by atoms with E-state index in [0.717, 1.165) is 38.4 Å². The average molecular weight is 384 g/mol. The molecule has 0 aliphatic carbocycles. The van der Waals surface area contributed by atoms with Crippen LogP contribution < -0.4 is 16.0 Å². The number of piperidine rings is 1.